The Hall–Kier alpha value is -10.3. The first kappa shape index (κ1) is 65.3. The fourth-order valence-corrected chi connectivity index (χ4v) is 15.7. The van der Waals surface area contributed by atoms with E-state index in [4.69, 9.17) is 14.2 Å². The van der Waals surface area contributed by atoms with Crippen molar-refractivity contribution in [3.63, 3.8) is 0 Å². The van der Waals surface area contributed by atoms with Crippen LogP contribution in [0.4, 0.5) is 22.0 Å². The minimum atomic E-state index is -1.01. The summed E-state index contributed by atoms with van der Waals surface area (Å²) in [7, 11) is 0. The number of aliphatic hydroxyl groups is 1. The SMILES string of the molecule is CC(C)(O)c1ccc(-c2c(C3CCOCC3)n(-c3ccc(F)cc3)c3cc4c(cc23)CN=C4)cc1.Oc1c(F)cc(-c2c(C3CCOCC3)n(-c3ccc(F)cc3)c3cc4c(cc23)CN=C4)cc1F.Oc1cccc(-c2c(C3CCOCC3)n(-c3ccc(F)cc3)c3cc4c(cc23)CN=C4)c1. The highest BCUT2D eigenvalue weighted by Gasteiger charge is 2.34. The van der Waals surface area contributed by atoms with Gasteiger partial charge >= 0.3 is 0 Å². The van der Waals surface area contributed by atoms with Gasteiger partial charge in [-0.25, -0.2) is 22.0 Å². The van der Waals surface area contributed by atoms with Crippen molar-refractivity contribution >= 4 is 51.4 Å². The summed E-state index contributed by atoms with van der Waals surface area (Å²) in [5, 5.41) is 33.6. The molecule has 0 bridgehead atoms. The van der Waals surface area contributed by atoms with Gasteiger partial charge in [-0.1, -0.05) is 36.4 Å². The zero-order valence-electron chi connectivity index (χ0n) is 55.9. The van der Waals surface area contributed by atoms with Crippen molar-refractivity contribution in [3.8, 4) is 61.9 Å². The molecule has 6 aliphatic heterocycles. The van der Waals surface area contributed by atoms with Gasteiger partial charge in [-0.15, -0.1) is 0 Å². The standard InChI is InChI=1S/C30H29FN2O2.C27H21F3N2O2.C27H23FN2O2/c1-30(2,34)23-5-3-19(4-6-23)28-26-15-21-17-32-18-22(21)16-27(26)33(25-9-7-24(31)8-10-25)29(28)20-11-13-35-14-12-20;28-19-1-3-20(4-2-19)32-24-12-18-14-31-13-17(18)9-21(24)25(26(32)15-5-7-34-8-6-15)16-10-22(29)27(33)23(30)11-16;28-21-4-6-22(7-5-21)30-25-14-20-16-29-15-19(20)13-24(25)26(18-2-1-3-23(31)12-18)27(30)17-8-10-32-11-9-17/h3-10,15-16,18,20,34H,11-14,17H2,1-2H3;1-4,9-12,14-15,33H,5-8,13H2;1-7,12-14,16-17,31H,8-11,15H2. The predicted molar refractivity (Wildman–Crippen MR) is 387 cm³/mol. The van der Waals surface area contributed by atoms with E-state index < -0.39 is 23.0 Å². The normalized spacial score (nSPS) is 16.0. The van der Waals surface area contributed by atoms with E-state index in [2.05, 4.69) is 71.1 Å². The van der Waals surface area contributed by atoms with E-state index in [0.717, 1.165) is 160 Å². The topological polar surface area (TPSA) is 140 Å². The second kappa shape index (κ2) is 27.0. The van der Waals surface area contributed by atoms with Crippen LogP contribution in [-0.2, 0) is 39.4 Å². The number of nitrogens with zero attached hydrogens (tertiary/aromatic N) is 6. The van der Waals surface area contributed by atoms with Crippen molar-refractivity contribution in [1.82, 2.24) is 13.7 Å². The molecule has 12 nitrogen and oxygen atoms in total. The summed E-state index contributed by atoms with van der Waals surface area (Å²) in [6.45, 7) is 9.58. The fraction of sp³-hybridized carbons (Fsp3) is 0.250. The van der Waals surface area contributed by atoms with Crippen LogP contribution in [0.5, 0.6) is 11.5 Å². The summed E-state index contributed by atoms with van der Waals surface area (Å²) in [5.41, 5.74) is 21.2. The van der Waals surface area contributed by atoms with Crippen LogP contribution in [0.15, 0.2) is 185 Å². The summed E-state index contributed by atoms with van der Waals surface area (Å²) in [6.07, 6.45) is 10.9. The minimum Gasteiger partial charge on any atom is -0.508 e. The van der Waals surface area contributed by atoms with E-state index >= 15 is 0 Å². The van der Waals surface area contributed by atoms with Crippen LogP contribution in [0, 0.1) is 29.1 Å². The van der Waals surface area contributed by atoms with E-state index in [0.29, 0.717) is 55.8 Å². The first-order valence-electron chi connectivity index (χ1n) is 34.6. The summed E-state index contributed by atoms with van der Waals surface area (Å²) in [4.78, 5) is 13.3. The summed E-state index contributed by atoms with van der Waals surface area (Å²) >= 11 is 0. The van der Waals surface area contributed by atoms with E-state index in [-0.39, 0.29) is 29.1 Å². The van der Waals surface area contributed by atoms with E-state index in [1.165, 1.54) is 82.0 Å². The molecule has 18 rings (SSSR count). The summed E-state index contributed by atoms with van der Waals surface area (Å²) < 4.78 is 94.1. The minimum absolute atomic E-state index is 0.0598. The Labute approximate surface area is 580 Å². The average molecular weight is 1360 g/mol. The van der Waals surface area contributed by atoms with Gasteiger partial charge in [0.05, 0.1) is 41.8 Å². The Balaban J connectivity index is 0.000000118. The van der Waals surface area contributed by atoms with Crippen molar-refractivity contribution < 1.29 is 51.5 Å². The molecule has 3 saturated heterocycles. The van der Waals surface area contributed by atoms with Gasteiger partial charge in [0.1, 0.15) is 23.2 Å². The predicted octanol–water partition coefficient (Wildman–Crippen LogP) is 18.7. The number of aromatic nitrogens is 3. The largest absolute Gasteiger partial charge is 0.508 e. The Morgan fingerprint density at radius 2 is 0.743 bits per heavy atom. The number of ether oxygens (including phenoxy) is 3. The maximum absolute atomic E-state index is 14.5. The third-order valence-corrected chi connectivity index (χ3v) is 20.7. The van der Waals surface area contributed by atoms with E-state index in [9.17, 15) is 37.3 Å². The zero-order valence-corrected chi connectivity index (χ0v) is 55.9. The molecule has 3 N–H and O–H groups in total. The molecule has 0 amide bonds. The number of aliphatic imine (C=N–C) groups is 3. The number of benzene rings is 9. The van der Waals surface area contributed by atoms with Crippen LogP contribution >= 0.6 is 0 Å². The summed E-state index contributed by atoms with van der Waals surface area (Å²) in [5.74, 6) is -2.95. The van der Waals surface area contributed by atoms with Crippen LogP contribution in [0.2, 0.25) is 0 Å². The lowest BCUT2D eigenvalue weighted by Gasteiger charge is -2.26. The maximum Gasteiger partial charge on any atom is 0.187 e. The molecule has 9 heterocycles. The first-order chi connectivity index (χ1) is 49.1. The lowest BCUT2D eigenvalue weighted by molar-refractivity contribution is 0.0786. The molecule has 17 heteroatoms. The van der Waals surface area contributed by atoms with Gasteiger partial charge < -0.3 is 43.2 Å². The van der Waals surface area contributed by atoms with Gasteiger partial charge in [0.25, 0.3) is 0 Å². The molecule has 0 spiro atoms. The molecular formula is C84H73F5N6O6. The molecule has 0 atom stereocenters. The first-order valence-corrected chi connectivity index (χ1v) is 34.6. The summed E-state index contributed by atoms with van der Waals surface area (Å²) in [6, 6.07) is 50.8. The van der Waals surface area contributed by atoms with E-state index in [1.54, 1.807) is 32.0 Å². The average Bonchev–Trinajstić information content (AvgIpc) is 1.59. The number of fused-ring (bicyclic) bond motifs is 6. The molecule has 6 aliphatic rings. The number of phenolic OH excluding ortho intramolecular Hbond substituents is 2. The van der Waals surface area contributed by atoms with Gasteiger partial charge in [-0.3, -0.25) is 15.0 Å². The second-order valence-corrected chi connectivity index (χ2v) is 27.5. The smallest absolute Gasteiger partial charge is 0.187 e. The number of rotatable bonds is 10. The van der Waals surface area contributed by atoms with Crippen molar-refractivity contribution in [3.05, 3.63) is 255 Å². The number of aromatic hydroxyl groups is 2. The number of hydrogen-bond acceptors (Lipinski definition) is 9. The van der Waals surface area contributed by atoms with Gasteiger partial charge in [0, 0.05) is 143 Å². The molecule has 0 unspecified atom stereocenters. The van der Waals surface area contributed by atoms with Gasteiger partial charge in [-0.2, -0.15) is 0 Å². The Bertz CT molecular complexity index is 5240. The molecule has 0 radical (unpaired) electrons. The lowest BCUT2D eigenvalue weighted by Crippen LogP contribution is -2.17. The molecule has 0 aliphatic carbocycles. The van der Waals surface area contributed by atoms with Gasteiger partial charge in [-0.05, 0) is 241 Å². The van der Waals surface area contributed by atoms with E-state index in [1.807, 2.05) is 79.3 Å². The maximum atomic E-state index is 14.5. The number of halogens is 5. The van der Waals surface area contributed by atoms with Crippen molar-refractivity contribution in [2.75, 3.05) is 39.6 Å². The van der Waals surface area contributed by atoms with Crippen LogP contribution in [-0.4, -0.2) is 87.3 Å². The quantitative estimate of drug-likeness (QED) is 0.117. The molecule has 3 aromatic heterocycles. The molecule has 0 saturated carbocycles. The Morgan fingerprint density at radius 1 is 0.396 bits per heavy atom. The fourth-order valence-electron chi connectivity index (χ4n) is 15.7. The highest BCUT2D eigenvalue weighted by molar-refractivity contribution is 6.06. The van der Waals surface area contributed by atoms with Crippen molar-refractivity contribution in [2.24, 2.45) is 15.0 Å². The van der Waals surface area contributed by atoms with Gasteiger partial charge in [0.15, 0.2) is 17.4 Å². The highest BCUT2D eigenvalue weighted by Crippen LogP contribution is 2.50. The molecule has 9 aromatic carbocycles. The second-order valence-electron chi connectivity index (χ2n) is 27.5. The molecule has 101 heavy (non-hydrogen) atoms. The number of hydrogen-bond donors (Lipinski definition) is 3. The number of phenols is 2. The van der Waals surface area contributed by atoms with Crippen LogP contribution in [0.3, 0.4) is 0 Å². The Morgan fingerprint density at radius 3 is 1.09 bits per heavy atom. The monoisotopic (exact) mass is 1360 g/mol. The molecule has 12 aromatic rings. The van der Waals surface area contributed by atoms with Crippen molar-refractivity contribution in [1.29, 1.82) is 0 Å². The van der Waals surface area contributed by atoms with Crippen LogP contribution in [0.1, 0.15) is 126 Å². The highest BCUT2D eigenvalue weighted by atomic mass is 19.1. The van der Waals surface area contributed by atoms with Crippen LogP contribution in [0.25, 0.3) is 83.2 Å². The zero-order chi connectivity index (χ0) is 69.2. The van der Waals surface area contributed by atoms with Crippen LogP contribution < -0.4 is 0 Å². The third kappa shape index (κ3) is 12.4. The van der Waals surface area contributed by atoms with Crippen molar-refractivity contribution in [2.45, 2.75) is 95.4 Å². The molecule has 3 fully saturated rings. The molecule has 510 valence electrons. The molecular weight excluding hydrogens is 1280 g/mol. The Kier molecular flexibility index (Phi) is 17.5. The third-order valence-electron chi connectivity index (χ3n) is 20.7. The lowest BCUT2D eigenvalue weighted by atomic mass is 9.88. The van der Waals surface area contributed by atoms with Gasteiger partial charge in [0.2, 0.25) is 0 Å².